The monoisotopic (exact) mass is 194 g/mol. The van der Waals surface area contributed by atoms with E-state index in [1.165, 1.54) is 0 Å². The van der Waals surface area contributed by atoms with Gasteiger partial charge in [-0.1, -0.05) is 30.3 Å². The fourth-order valence-electron chi connectivity index (χ4n) is 0.844. The van der Waals surface area contributed by atoms with Gasteiger partial charge in [0, 0.05) is 10.9 Å². The second-order valence-corrected chi connectivity index (χ2v) is 3.79. The molecule has 0 saturated heterocycles. The minimum atomic E-state index is 0.583. The molecule has 0 radical (unpaired) electrons. The van der Waals surface area contributed by atoms with Crippen molar-refractivity contribution in [2.24, 2.45) is 5.92 Å². The van der Waals surface area contributed by atoms with E-state index >= 15 is 0 Å². The van der Waals surface area contributed by atoms with E-state index in [2.05, 4.69) is 24.8 Å². The zero-order valence-electron chi connectivity index (χ0n) is 7.92. The van der Waals surface area contributed by atoms with Gasteiger partial charge in [-0.05, 0) is 24.3 Å². The van der Waals surface area contributed by atoms with Gasteiger partial charge in [0.15, 0.2) is 0 Å². The van der Waals surface area contributed by atoms with Gasteiger partial charge >= 0.3 is 6.07 Å². The van der Waals surface area contributed by atoms with Crippen LogP contribution in [0.25, 0.3) is 4.85 Å². The molecule has 0 atom stereocenters. The van der Waals surface area contributed by atoms with Crippen LogP contribution in [0.3, 0.4) is 0 Å². The van der Waals surface area contributed by atoms with E-state index in [1.807, 2.05) is 24.3 Å². The Kier molecular flexibility index (Phi) is 3.79. The lowest BCUT2D eigenvalue weighted by molar-refractivity contribution is 0.711. The first-order valence-corrected chi connectivity index (χ1v) is 4.74. The molecule has 0 amide bonds. The first-order chi connectivity index (χ1) is 6.18. The van der Waals surface area contributed by atoms with Crippen molar-refractivity contribution < 1.29 is 0 Å². The van der Waals surface area contributed by atoms with Crippen LogP contribution in [-0.2, 0) is 0 Å². The van der Waals surface area contributed by atoms with Crippen LogP contribution in [0.4, 0.5) is 0 Å². The van der Waals surface area contributed by atoms with Crippen LogP contribution in [-0.4, -0.2) is 6.54 Å². The summed E-state index contributed by atoms with van der Waals surface area (Å²) >= 11 is 5.74. The second kappa shape index (κ2) is 4.89. The molecule has 68 valence electrons. The molecule has 0 unspecified atom stereocenters. The normalized spacial score (nSPS) is 9.54. The minimum absolute atomic E-state index is 0.583. The number of rotatable bonds is 1. The Balaban J connectivity index is 2.62. The van der Waals surface area contributed by atoms with Gasteiger partial charge in [-0.25, -0.2) is 0 Å². The molecule has 0 aliphatic rings. The smallest absolute Gasteiger partial charge is 0.0843 e. The van der Waals surface area contributed by atoms with Crippen LogP contribution in [0.15, 0.2) is 24.3 Å². The number of nitrogens with zero attached hydrogens (tertiary/aromatic N) is 1. The van der Waals surface area contributed by atoms with Crippen molar-refractivity contribution in [1.29, 1.82) is 0 Å². The van der Waals surface area contributed by atoms with Gasteiger partial charge in [0.2, 0.25) is 0 Å². The summed E-state index contributed by atoms with van der Waals surface area (Å²) in [7, 11) is 0. The maximum Gasteiger partial charge on any atom is 0.311 e. The van der Waals surface area contributed by atoms with Crippen molar-refractivity contribution in [3.05, 3.63) is 39.7 Å². The average Bonchev–Trinajstić information content (AvgIpc) is 2.08. The third-order valence-corrected chi connectivity index (χ3v) is 1.76. The molecule has 13 heavy (non-hydrogen) atoms. The Morgan fingerprint density at radius 3 is 2.46 bits per heavy atom. The predicted octanol–water partition coefficient (Wildman–Crippen LogP) is 3.68. The fraction of sp³-hybridized carbons (Fsp3) is 0.364. The zero-order chi connectivity index (χ0) is 9.68. The molecule has 0 aliphatic carbocycles. The number of benzene rings is 1. The molecular weight excluding hydrogens is 182 g/mol. The van der Waals surface area contributed by atoms with Crippen molar-refractivity contribution in [2.45, 2.75) is 13.8 Å². The highest BCUT2D eigenvalue weighted by molar-refractivity contribution is 6.30. The van der Waals surface area contributed by atoms with Gasteiger partial charge in [0.1, 0.15) is 5.56 Å². The van der Waals surface area contributed by atoms with Crippen LogP contribution in [0, 0.1) is 12.0 Å². The lowest BCUT2D eigenvalue weighted by Gasteiger charge is -1.86. The Morgan fingerprint density at radius 1 is 1.31 bits per heavy atom. The van der Waals surface area contributed by atoms with Crippen molar-refractivity contribution in [1.82, 2.24) is 0 Å². The topological polar surface area (TPSA) is 4.36 Å². The number of hydrogen-bond donors (Lipinski definition) is 0. The standard InChI is InChI=1S/C11H13ClN/c1-9(2)7-13-8-10-3-5-11(12)6-4-10/h3-6,9H,7H2,1-2H3/q+1. The summed E-state index contributed by atoms with van der Waals surface area (Å²) in [5.41, 5.74) is 0.977. The summed E-state index contributed by atoms with van der Waals surface area (Å²) in [6.07, 6.45) is 0. The molecule has 1 nitrogen and oxygen atoms in total. The van der Waals surface area contributed by atoms with Gasteiger partial charge in [0.05, 0.1) is 0 Å². The Morgan fingerprint density at radius 2 is 1.92 bits per heavy atom. The third-order valence-electron chi connectivity index (χ3n) is 1.51. The van der Waals surface area contributed by atoms with E-state index in [9.17, 15) is 0 Å². The zero-order valence-corrected chi connectivity index (χ0v) is 8.67. The van der Waals surface area contributed by atoms with Gasteiger partial charge in [-0.15, -0.1) is 0 Å². The first-order valence-electron chi connectivity index (χ1n) is 4.36. The van der Waals surface area contributed by atoms with E-state index < -0.39 is 0 Å². The molecule has 0 N–H and O–H groups in total. The van der Waals surface area contributed by atoms with E-state index in [-0.39, 0.29) is 0 Å². The Bertz CT molecular complexity index is 316. The molecule has 1 aromatic carbocycles. The third kappa shape index (κ3) is 3.96. The van der Waals surface area contributed by atoms with Crippen LogP contribution in [0.2, 0.25) is 5.02 Å². The van der Waals surface area contributed by atoms with E-state index in [1.54, 1.807) is 0 Å². The fourth-order valence-corrected chi connectivity index (χ4v) is 0.970. The maximum atomic E-state index is 5.74. The Hall–Kier alpha value is -1.00. The van der Waals surface area contributed by atoms with E-state index in [0.717, 1.165) is 17.1 Å². The second-order valence-electron chi connectivity index (χ2n) is 3.35. The molecular formula is C11H13ClN+. The van der Waals surface area contributed by atoms with Crippen LogP contribution >= 0.6 is 11.6 Å². The summed E-state index contributed by atoms with van der Waals surface area (Å²) in [4.78, 5) is 4.18. The molecule has 0 aliphatic heterocycles. The molecule has 2 heteroatoms. The predicted molar refractivity (Wildman–Crippen MR) is 57.5 cm³/mol. The highest BCUT2D eigenvalue weighted by atomic mass is 35.5. The highest BCUT2D eigenvalue weighted by Crippen LogP contribution is 2.08. The van der Waals surface area contributed by atoms with Gasteiger partial charge in [-0.2, -0.15) is 0 Å². The maximum absolute atomic E-state index is 5.74. The Labute approximate surface area is 84.2 Å². The molecule has 0 heterocycles. The van der Waals surface area contributed by atoms with Crippen molar-refractivity contribution in [2.75, 3.05) is 6.54 Å². The SMILES string of the molecule is CC(C)C[N+]#Cc1ccc(Cl)cc1. The molecule has 0 aromatic heterocycles. The summed E-state index contributed by atoms with van der Waals surface area (Å²) in [5, 5.41) is 0.745. The summed E-state index contributed by atoms with van der Waals surface area (Å²) < 4.78 is 0. The molecule has 0 fully saturated rings. The van der Waals surface area contributed by atoms with Crippen molar-refractivity contribution in [3.63, 3.8) is 0 Å². The molecule has 1 aromatic rings. The van der Waals surface area contributed by atoms with Crippen LogP contribution in [0.1, 0.15) is 19.4 Å². The highest BCUT2D eigenvalue weighted by Gasteiger charge is 1.98. The summed E-state index contributed by atoms with van der Waals surface area (Å²) in [6.45, 7) is 5.09. The first kappa shape index (κ1) is 10.1. The van der Waals surface area contributed by atoms with Crippen LogP contribution < -0.4 is 0 Å². The van der Waals surface area contributed by atoms with Crippen LogP contribution in [0.5, 0.6) is 0 Å². The number of halogens is 1. The van der Waals surface area contributed by atoms with Crippen molar-refractivity contribution in [3.8, 4) is 6.07 Å². The minimum Gasteiger partial charge on any atom is -0.0843 e. The lowest BCUT2D eigenvalue weighted by atomic mass is 10.2. The molecule has 0 bridgehead atoms. The molecule has 0 spiro atoms. The largest absolute Gasteiger partial charge is 0.311 e. The average molecular weight is 195 g/mol. The quantitative estimate of drug-likeness (QED) is 0.643. The number of hydrogen-bond acceptors (Lipinski definition) is 0. The van der Waals surface area contributed by atoms with Gasteiger partial charge in [-0.3, -0.25) is 0 Å². The van der Waals surface area contributed by atoms with E-state index in [4.69, 9.17) is 11.6 Å². The van der Waals surface area contributed by atoms with Crippen molar-refractivity contribution >= 4 is 11.6 Å². The molecule has 0 saturated carbocycles. The summed E-state index contributed by atoms with van der Waals surface area (Å²) in [6, 6.07) is 10.5. The molecule has 1 rings (SSSR count). The van der Waals surface area contributed by atoms with E-state index in [0.29, 0.717) is 5.92 Å². The van der Waals surface area contributed by atoms with Gasteiger partial charge < -0.3 is 0 Å². The van der Waals surface area contributed by atoms with Gasteiger partial charge in [0.25, 0.3) is 6.54 Å². The summed E-state index contributed by atoms with van der Waals surface area (Å²) in [5.74, 6) is 0.583. The lowest BCUT2D eigenvalue weighted by Crippen LogP contribution is -1.88.